The molecule has 76 valence electrons. The molecule has 1 aromatic carbocycles. The van der Waals surface area contributed by atoms with Gasteiger partial charge in [-0.1, -0.05) is 46.3 Å². The zero-order valence-electron chi connectivity index (χ0n) is 7.95. The molecule has 15 heavy (non-hydrogen) atoms. The molecule has 1 nitrogen and oxygen atoms in total. The van der Waals surface area contributed by atoms with E-state index in [0.717, 1.165) is 11.3 Å². The zero-order chi connectivity index (χ0) is 10.7. The minimum Gasteiger partial charge on any atom is -0.249 e. The molecule has 1 aromatic heterocycles. The van der Waals surface area contributed by atoms with E-state index in [2.05, 4.69) is 20.9 Å². The monoisotopic (exact) mass is 265 g/mol. The van der Waals surface area contributed by atoms with Crippen LogP contribution in [0.3, 0.4) is 0 Å². The van der Waals surface area contributed by atoms with Crippen molar-refractivity contribution in [2.45, 2.75) is 5.33 Å². The third-order valence-corrected chi connectivity index (χ3v) is 2.66. The predicted octanol–water partition coefficient (Wildman–Crippen LogP) is 3.78. The normalized spacial score (nSPS) is 10.3. The van der Waals surface area contributed by atoms with Gasteiger partial charge in [-0.3, -0.25) is 0 Å². The van der Waals surface area contributed by atoms with Crippen LogP contribution in [0.1, 0.15) is 5.69 Å². The van der Waals surface area contributed by atoms with Crippen LogP contribution in [0.25, 0.3) is 11.3 Å². The van der Waals surface area contributed by atoms with Crippen molar-refractivity contribution >= 4 is 15.9 Å². The molecule has 0 amide bonds. The smallest absolute Gasteiger partial charge is 0.149 e. The molecule has 0 aliphatic heterocycles. The molecular weight excluding hydrogens is 257 g/mol. The minimum absolute atomic E-state index is 0.286. The van der Waals surface area contributed by atoms with Crippen molar-refractivity contribution in [3.63, 3.8) is 0 Å². The Kier molecular flexibility index (Phi) is 3.11. The topological polar surface area (TPSA) is 12.9 Å². The van der Waals surface area contributed by atoms with Crippen LogP contribution in [0.5, 0.6) is 0 Å². The lowest BCUT2D eigenvalue weighted by molar-refractivity contribution is 0.624. The van der Waals surface area contributed by atoms with Crippen LogP contribution in [0.2, 0.25) is 0 Å². The lowest BCUT2D eigenvalue weighted by Crippen LogP contribution is -1.93. The molecule has 0 N–H and O–H groups in total. The van der Waals surface area contributed by atoms with Crippen LogP contribution < -0.4 is 0 Å². The fourth-order valence-electron chi connectivity index (χ4n) is 1.36. The van der Waals surface area contributed by atoms with Gasteiger partial charge in [-0.05, 0) is 12.1 Å². The molecule has 0 aliphatic carbocycles. The van der Waals surface area contributed by atoms with Gasteiger partial charge in [0.1, 0.15) is 11.5 Å². The fourth-order valence-corrected chi connectivity index (χ4v) is 1.67. The molecule has 0 saturated carbocycles. The van der Waals surface area contributed by atoms with E-state index in [1.54, 1.807) is 6.07 Å². The number of nitrogens with zero attached hydrogens (tertiary/aromatic N) is 1. The van der Waals surface area contributed by atoms with Gasteiger partial charge in [-0.15, -0.1) is 0 Å². The van der Waals surface area contributed by atoms with E-state index in [0.29, 0.717) is 11.0 Å². The third-order valence-electron chi connectivity index (χ3n) is 2.09. The molecule has 0 fully saturated rings. The van der Waals surface area contributed by atoms with Crippen molar-refractivity contribution in [2.24, 2.45) is 0 Å². The third kappa shape index (κ3) is 2.23. The summed E-state index contributed by atoms with van der Waals surface area (Å²) >= 11 is 3.30. The van der Waals surface area contributed by atoms with E-state index in [9.17, 15) is 4.39 Å². The van der Waals surface area contributed by atoms with Gasteiger partial charge in [-0.25, -0.2) is 9.37 Å². The molecule has 0 unspecified atom stereocenters. The van der Waals surface area contributed by atoms with Crippen LogP contribution in [0, 0.1) is 5.82 Å². The molecule has 0 saturated heterocycles. The first-order valence-electron chi connectivity index (χ1n) is 4.58. The second-order valence-electron chi connectivity index (χ2n) is 3.13. The summed E-state index contributed by atoms with van der Waals surface area (Å²) in [6, 6.07) is 12.5. The first-order valence-corrected chi connectivity index (χ1v) is 5.70. The number of hydrogen-bond acceptors (Lipinski definition) is 1. The Bertz CT molecular complexity index is 456. The molecule has 3 heteroatoms. The summed E-state index contributed by atoms with van der Waals surface area (Å²) in [6.45, 7) is 0. The Morgan fingerprint density at radius 1 is 1.07 bits per heavy atom. The van der Waals surface area contributed by atoms with Crippen LogP contribution >= 0.6 is 15.9 Å². The van der Waals surface area contributed by atoms with Gasteiger partial charge in [0.15, 0.2) is 0 Å². The highest BCUT2D eigenvalue weighted by Crippen LogP contribution is 2.20. The van der Waals surface area contributed by atoms with Crippen molar-refractivity contribution in [3.8, 4) is 11.3 Å². The summed E-state index contributed by atoms with van der Waals surface area (Å²) in [5, 5.41) is 0.632. The Morgan fingerprint density at radius 3 is 2.47 bits per heavy atom. The number of halogens is 2. The van der Waals surface area contributed by atoms with Crippen molar-refractivity contribution in [1.82, 2.24) is 4.98 Å². The molecule has 1 heterocycles. The van der Waals surface area contributed by atoms with Gasteiger partial charge in [0.05, 0.1) is 5.69 Å². The van der Waals surface area contributed by atoms with E-state index in [1.165, 1.54) is 6.07 Å². The summed E-state index contributed by atoms with van der Waals surface area (Å²) in [7, 11) is 0. The lowest BCUT2D eigenvalue weighted by Gasteiger charge is -2.03. The first-order chi connectivity index (χ1) is 7.31. The fraction of sp³-hybridized carbons (Fsp3) is 0.0833. The van der Waals surface area contributed by atoms with Crippen molar-refractivity contribution in [3.05, 3.63) is 54.0 Å². The number of hydrogen-bond donors (Lipinski definition) is 0. The van der Waals surface area contributed by atoms with Gasteiger partial charge in [0.25, 0.3) is 0 Å². The average Bonchev–Trinajstić information content (AvgIpc) is 2.31. The number of alkyl halides is 1. The Morgan fingerprint density at radius 2 is 1.80 bits per heavy atom. The van der Waals surface area contributed by atoms with Crippen LogP contribution in [0.15, 0.2) is 42.5 Å². The minimum atomic E-state index is -0.286. The molecule has 0 aliphatic rings. The molecule has 2 rings (SSSR count). The van der Waals surface area contributed by atoms with Crippen LogP contribution in [-0.4, -0.2) is 4.98 Å². The van der Waals surface area contributed by atoms with Gasteiger partial charge in [0.2, 0.25) is 0 Å². The largest absolute Gasteiger partial charge is 0.249 e. The van der Waals surface area contributed by atoms with Crippen LogP contribution in [-0.2, 0) is 5.33 Å². The predicted molar refractivity (Wildman–Crippen MR) is 62.3 cm³/mol. The highest BCUT2D eigenvalue weighted by atomic mass is 79.9. The summed E-state index contributed by atoms with van der Waals surface area (Å²) in [5.41, 5.74) is 2.04. The Balaban J connectivity index is 2.52. The van der Waals surface area contributed by atoms with E-state index >= 15 is 0 Å². The van der Waals surface area contributed by atoms with Crippen molar-refractivity contribution in [1.29, 1.82) is 0 Å². The summed E-state index contributed by atoms with van der Waals surface area (Å²) in [6.07, 6.45) is 0. The maximum Gasteiger partial charge on any atom is 0.149 e. The second kappa shape index (κ2) is 4.53. The molecule has 0 atom stereocenters. The second-order valence-corrected chi connectivity index (χ2v) is 3.69. The van der Waals surface area contributed by atoms with Crippen molar-refractivity contribution < 1.29 is 4.39 Å². The number of benzene rings is 1. The molecular formula is C12H9BrFN. The number of rotatable bonds is 2. The highest BCUT2D eigenvalue weighted by molar-refractivity contribution is 9.08. The van der Waals surface area contributed by atoms with Crippen LogP contribution in [0.4, 0.5) is 4.39 Å². The molecule has 2 aromatic rings. The van der Waals surface area contributed by atoms with Gasteiger partial charge < -0.3 is 0 Å². The maximum absolute atomic E-state index is 13.5. The molecule has 0 radical (unpaired) electrons. The van der Waals surface area contributed by atoms with E-state index < -0.39 is 0 Å². The average molecular weight is 266 g/mol. The Labute approximate surface area is 96.1 Å². The zero-order valence-corrected chi connectivity index (χ0v) is 9.54. The first kappa shape index (κ1) is 10.3. The molecule has 0 spiro atoms. The highest BCUT2D eigenvalue weighted by Gasteiger charge is 2.06. The number of aromatic nitrogens is 1. The van der Waals surface area contributed by atoms with Gasteiger partial charge in [-0.2, -0.15) is 0 Å². The molecule has 0 bridgehead atoms. The standard InChI is InChI=1S/C12H9BrFN/c13-8-10-6-7-11(14)12(15-10)9-4-2-1-3-5-9/h1-7H,8H2. The lowest BCUT2D eigenvalue weighted by atomic mass is 10.1. The maximum atomic E-state index is 13.5. The Hall–Kier alpha value is -1.22. The number of pyridine rings is 1. The SMILES string of the molecule is Fc1ccc(CBr)nc1-c1ccccc1. The van der Waals surface area contributed by atoms with E-state index in [-0.39, 0.29) is 5.82 Å². The summed E-state index contributed by atoms with van der Waals surface area (Å²) in [4.78, 5) is 4.24. The van der Waals surface area contributed by atoms with E-state index in [4.69, 9.17) is 0 Å². The van der Waals surface area contributed by atoms with Gasteiger partial charge in [0, 0.05) is 10.9 Å². The van der Waals surface area contributed by atoms with E-state index in [1.807, 2.05) is 30.3 Å². The van der Waals surface area contributed by atoms with Gasteiger partial charge >= 0.3 is 0 Å². The quantitative estimate of drug-likeness (QED) is 0.754. The van der Waals surface area contributed by atoms with Crippen molar-refractivity contribution in [2.75, 3.05) is 0 Å². The summed E-state index contributed by atoms with van der Waals surface area (Å²) < 4.78 is 13.5. The summed E-state index contributed by atoms with van der Waals surface area (Å²) in [5.74, 6) is -0.286.